The van der Waals surface area contributed by atoms with Crippen LogP contribution in [0.25, 0.3) is 0 Å². The summed E-state index contributed by atoms with van der Waals surface area (Å²) in [5.74, 6) is -4.18. The summed E-state index contributed by atoms with van der Waals surface area (Å²) < 4.78 is 22.7. The van der Waals surface area contributed by atoms with Gasteiger partial charge >= 0.3 is 11.9 Å². The first-order valence-electron chi connectivity index (χ1n) is 4.48. The number of ether oxygens (including phenoxy) is 2. The smallest absolute Gasteiger partial charge is 0.326 e. The molecule has 1 aromatic rings. The number of hydrogen-bond donors (Lipinski definition) is 0. The number of rotatable bonds is 3. The largest absolute Gasteiger partial charge is 0.468 e. The van der Waals surface area contributed by atoms with Crippen molar-refractivity contribution in [2.24, 2.45) is 0 Å². The van der Waals surface area contributed by atoms with Gasteiger partial charge in [-0.2, -0.15) is 0 Å². The van der Waals surface area contributed by atoms with Gasteiger partial charge in [0.25, 0.3) is 0 Å². The highest BCUT2D eigenvalue weighted by molar-refractivity contribution is 9.10. The summed E-state index contributed by atoms with van der Waals surface area (Å²) in [6, 6.07) is 1.35. The fraction of sp³-hybridized carbons (Fsp3) is 0.300. The highest BCUT2D eigenvalue weighted by Gasteiger charge is 2.34. The monoisotopic (exact) mass is 305 g/mol. The third-order valence-electron chi connectivity index (χ3n) is 2.02. The average Bonchev–Trinajstić information content (AvgIpc) is 2.34. The lowest BCUT2D eigenvalue weighted by Gasteiger charge is -2.12. The Morgan fingerprint density at radius 1 is 1.35 bits per heavy atom. The van der Waals surface area contributed by atoms with E-state index in [1.807, 2.05) is 0 Å². The zero-order chi connectivity index (χ0) is 13.0. The molecule has 0 N–H and O–H groups in total. The molecule has 0 spiro atoms. The molecule has 7 heteroatoms. The van der Waals surface area contributed by atoms with Gasteiger partial charge in [-0.25, -0.2) is 4.39 Å². The van der Waals surface area contributed by atoms with E-state index in [0.29, 0.717) is 0 Å². The Balaban J connectivity index is 3.27. The van der Waals surface area contributed by atoms with Crippen LogP contribution in [0, 0.1) is 5.82 Å². The van der Waals surface area contributed by atoms with Gasteiger partial charge in [-0.05, 0) is 22.0 Å². The zero-order valence-electron chi connectivity index (χ0n) is 9.07. The number of carbonyl (C=O) groups excluding carboxylic acids is 2. The topological polar surface area (TPSA) is 65.5 Å². The molecule has 1 heterocycles. The van der Waals surface area contributed by atoms with Crippen molar-refractivity contribution in [2.75, 3.05) is 14.2 Å². The van der Waals surface area contributed by atoms with Gasteiger partial charge in [0.15, 0.2) is 11.7 Å². The van der Waals surface area contributed by atoms with Crippen LogP contribution in [0.5, 0.6) is 0 Å². The Labute approximate surface area is 105 Å². The second-order valence-corrected chi connectivity index (χ2v) is 3.83. The highest BCUT2D eigenvalue weighted by atomic mass is 79.9. The molecular weight excluding hydrogens is 297 g/mol. The van der Waals surface area contributed by atoms with E-state index in [1.54, 1.807) is 0 Å². The van der Waals surface area contributed by atoms with Gasteiger partial charge in [0.1, 0.15) is 5.69 Å². The second-order valence-electron chi connectivity index (χ2n) is 2.97. The van der Waals surface area contributed by atoms with E-state index < -0.39 is 23.7 Å². The van der Waals surface area contributed by atoms with E-state index in [1.165, 1.54) is 12.3 Å². The van der Waals surface area contributed by atoms with Crippen molar-refractivity contribution in [1.29, 1.82) is 0 Å². The van der Waals surface area contributed by atoms with E-state index in [4.69, 9.17) is 0 Å². The van der Waals surface area contributed by atoms with Crippen LogP contribution >= 0.6 is 15.9 Å². The Morgan fingerprint density at radius 2 is 1.88 bits per heavy atom. The van der Waals surface area contributed by atoms with Gasteiger partial charge in [0, 0.05) is 6.20 Å². The number of pyridine rings is 1. The Kier molecular flexibility index (Phi) is 4.56. The Morgan fingerprint density at radius 3 is 2.35 bits per heavy atom. The molecular formula is C10H9BrFNO4. The van der Waals surface area contributed by atoms with Crippen LogP contribution in [0.15, 0.2) is 16.7 Å². The van der Waals surface area contributed by atoms with Crippen LogP contribution < -0.4 is 0 Å². The molecule has 1 aromatic heterocycles. The van der Waals surface area contributed by atoms with Crippen LogP contribution in [-0.2, 0) is 19.1 Å². The average molecular weight is 306 g/mol. The summed E-state index contributed by atoms with van der Waals surface area (Å²) >= 11 is 2.94. The number of methoxy groups -OCH3 is 2. The second kappa shape index (κ2) is 5.72. The maximum absolute atomic E-state index is 13.7. The van der Waals surface area contributed by atoms with Crippen molar-refractivity contribution >= 4 is 27.9 Å². The van der Waals surface area contributed by atoms with E-state index in [2.05, 4.69) is 30.4 Å². The molecule has 0 saturated carbocycles. The van der Waals surface area contributed by atoms with Gasteiger partial charge < -0.3 is 9.47 Å². The third kappa shape index (κ3) is 2.79. The molecule has 0 radical (unpaired) electrons. The lowest BCUT2D eigenvalue weighted by molar-refractivity contribution is -0.154. The minimum atomic E-state index is -1.53. The fourth-order valence-corrected chi connectivity index (χ4v) is 1.51. The van der Waals surface area contributed by atoms with Crippen molar-refractivity contribution in [1.82, 2.24) is 4.98 Å². The normalized spacial score (nSPS) is 10.2. The predicted octanol–water partition coefficient (Wildman–Crippen LogP) is 1.41. The fourth-order valence-electron chi connectivity index (χ4n) is 1.19. The number of carbonyl (C=O) groups is 2. The first-order chi connectivity index (χ1) is 8.02. The van der Waals surface area contributed by atoms with E-state index >= 15 is 0 Å². The quantitative estimate of drug-likeness (QED) is 0.624. The standard InChI is InChI=1S/C10H9BrFNO4/c1-16-9(14)6(10(15)17-2)8-7(12)5(11)3-4-13-8/h3-4,6H,1-2H3. The summed E-state index contributed by atoms with van der Waals surface area (Å²) in [7, 11) is 2.18. The third-order valence-corrected chi connectivity index (χ3v) is 2.63. The molecule has 0 atom stereocenters. The van der Waals surface area contributed by atoms with Crippen LogP contribution in [0.4, 0.5) is 4.39 Å². The first kappa shape index (κ1) is 13.6. The van der Waals surface area contributed by atoms with Gasteiger partial charge in [-0.3, -0.25) is 14.6 Å². The Bertz CT molecular complexity index is 436. The number of nitrogens with zero attached hydrogens (tertiary/aromatic N) is 1. The molecule has 0 bridgehead atoms. The molecule has 92 valence electrons. The summed E-state index contributed by atoms with van der Waals surface area (Å²) in [6.07, 6.45) is 1.27. The molecule has 0 aliphatic heterocycles. The van der Waals surface area contributed by atoms with Crippen molar-refractivity contribution in [3.05, 3.63) is 28.2 Å². The number of hydrogen-bond acceptors (Lipinski definition) is 5. The van der Waals surface area contributed by atoms with Crippen LogP contribution in [0.1, 0.15) is 11.6 Å². The van der Waals surface area contributed by atoms with E-state index in [-0.39, 0.29) is 10.2 Å². The first-order valence-corrected chi connectivity index (χ1v) is 5.27. The Hall–Kier alpha value is -1.50. The SMILES string of the molecule is COC(=O)C(C(=O)OC)c1nccc(Br)c1F. The molecule has 0 aromatic carbocycles. The molecule has 0 aliphatic carbocycles. The minimum Gasteiger partial charge on any atom is -0.468 e. The summed E-state index contributed by atoms with van der Waals surface area (Å²) in [6.45, 7) is 0. The lowest BCUT2D eigenvalue weighted by atomic mass is 10.0. The summed E-state index contributed by atoms with van der Waals surface area (Å²) in [5.41, 5.74) is -0.335. The van der Waals surface area contributed by atoms with Crippen LogP contribution in [-0.4, -0.2) is 31.1 Å². The number of esters is 2. The lowest BCUT2D eigenvalue weighted by Crippen LogP contribution is -2.26. The maximum Gasteiger partial charge on any atom is 0.326 e. The van der Waals surface area contributed by atoms with Crippen LogP contribution in [0.2, 0.25) is 0 Å². The predicted molar refractivity (Wildman–Crippen MR) is 58.7 cm³/mol. The van der Waals surface area contributed by atoms with E-state index in [0.717, 1.165) is 14.2 Å². The maximum atomic E-state index is 13.7. The molecule has 0 fully saturated rings. The van der Waals surface area contributed by atoms with Crippen molar-refractivity contribution in [3.63, 3.8) is 0 Å². The number of aromatic nitrogens is 1. The molecule has 5 nitrogen and oxygen atoms in total. The zero-order valence-corrected chi connectivity index (χ0v) is 10.7. The summed E-state index contributed by atoms with van der Waals surface area (Å²) in [5, 5.41) is 0. The summed E-state index contributed by atoms with van der Waals surface area (Å²) in [4.78, 5) is 26.5. The van der Waals surface area contributed by atoms with Gasteiger partial charge in [-0.15, -0.1) is 0 Å². The van der Waals surface area contributed by atoms with Gasteiger partial charge in [0.2, 0.25) is 0 Å². The van der Waals surface area contributed by atoms with Gasteiger partial charge in [-0.1, -0.05) is 0 Å². The molecule has 1 rings (SSSR count). The minimum absolute atomic E-state index is 0.0975. The molecule has 0 amide bonds. The van der Waals surface area contributed by atoms with E-state index in [9.17, 15) is 14.0 Å². The van der Waals surface area contributed by atoms with Crippen molar-refractivity contribution in [3.8, 4) is 0 Å². The molecule has 17 heavy (non-hydrogen) atoms. The molecule has 0 unspecified atom stereocenters. The van der Waals surface area contributed by atoms with Crippen LogP contribution in [0.3, 0.4) is 0 Å². The molecule has 0 aliphatic rings. The molecule has 0 saturated heterocycles. The van der Waals surface area contributed by atoms with Crippen molar-refractivity contribution in [2.45, 2.75) is 5.92 Å². The van der Waals surface area contributed by atoms with Gasteiger partial charge in [0.05, 0.1) is 18.7 Å². The number of halogens is 2. The highest BCUT2D eigenvalue weighted by Crippen LogP contribution is 2.24. The van der Waals surface area contributed by atoms with Crippen molar-refractivity contribution < 1.29 is 23.5 Å².